The summed E-state index contributed by atoms with van der Waals surface area (Å²) in [6, 6.07) is 8.13. The largest absolute Gasteiger partial charge is 0.388 e. The standard InChI is InChI=1S/C13H14N4S/c1-2-9-3-5-10(6-4-9)17-13-11(12(14)18)15-7-8-16-13/h3-8H,2H2,1H3,(H2,14,18)(H,16,17). The third kappa shape index (κ3) is 2.81. The van der Waals surface area contributed by atoms with E-state index in [1.54, 1.807) is 12.4 Å². The average Bonchev–Trinajstić information content (AvgIpc) is 2.40. The molecular formula is C13H14N4S. The second-order valence-electron chi connectivity index (χ2n) is 3.79. The fraction of sp³-hybridized carbons (Fsp3) is 0.154. The summed E-state index contributed by atoms with van der Waals surface area (Å²) in [5, 5.41) is 3.16. The molecule has 0 spiro atoms. The molecule has 0 fully saturated rings. The minimum atomic E-state index is 0.232. The summed E-state index contributed by atoms with van der Waals surface area (Å²) in [5.74, 6) is 0.578. The van der Waals surface area contributed by atoms with Crippen LogP contribution in [0.3, 0.4) is 0 Å². The molecule has 18 heavy (non-hydrogen) atoms. The first-order valence-electron chi connectivity index (χ1n) is 5.67. The van der Waals surface area contributed by atoms with Crippen molar-refractivity contribution in [3.8, 4) is 0 Å². The lowest BCUT2D eigenvalue weighted by atomic mass is 10.1. The molecule has 1 aromatic heterocycles. The maximum Gasteiger partial charge on any atom is 0.159 e. The lowest BCUT2D eigenvalue weighted by molar-refractivity contribution is 1.14. The second-order valence-corrected chi connectivity index (χ2v) is 4.23. The van der Waals surface area contributed by atoms with E-state index < -0.39 is 0 Å². The monoisotopic (exact) mass is 258 g/mol. The van der Waals surface area contributed by atoms with Gasteiger partial charge in [0.05, 0.1) is 0 Å². The van der Waals surface area contributed by atoms with Crippen molar-refractivity contribution in [3.05, 3.63) is 47.9 Å². The lowest BCUT2D eigenvalue weighted by Gasteiger charge is -2.09. The van der Waals surface area contributed by atoms with Crippen molar-refractivity contribution in [2.24, 2.45) is 5.73 Å². The molecule has 2 rings (SSSR count). The Bertz CT molecular complexity index is 551. The first kappa shape index (κ1) is 12.4. The normalized spacial score (nSPS) is 10.1. The molecule has 0 bridgehead atoms. The van der Waals surface area contributed by atoms with E-state index in [-0.39, 0.29) is 4.99 Å². The van der Waals surface area contributed by atoms with Crippen molar-refractivity contribution in [2.75, 3.05) is 5.32 Å². The highest BCUT2D eigenvalue weighted by Crippen LogP contribution is 2.17. The minimum absolute atomic E-state index is 0.232. The Hall–Kier alpha value is -2.01. The van der Waals surface area contributed by atoms with Gasteiger partial charge in [-0.05, 0) is 24.1 Å². The molecule has 5 heteroatoms. The summed E-state index contributed by atoms with van der Waals surface area (Å²) < 4.78 is 0. The molecule has 4 nitrogen and oxygen atoms in total. The summed E-state index contributed by atoms with van der Waals surface area (Å²) in [5.41, 5.74) is 8.33. The number of nitrogens with two attached hydrogens (primary N) is 1. The summed E-state index contributed by atoms with van der Waals surface area (Å²) in [7, 11) is 0. The van der Waals surface area contributed by atoms with Crippen LogP contribution in [-0.4, -0.2) is 15.0 Å². The molecule has 2 aromatic rings. The molecule has 1 aromatic carbocycles. The maximum atomic E-state index is 5.60. The van der Waals surface area contributed by atoms with Crippen LogP contribution in [0.1, 0.15) is 18.2 Å². The van der Waals surface area contributed by atoms with Gasteiger partial charge in [0.25, 0.3) is 0 Å². The van der Waals surface area contributed by atoms with E-state index in [9.17, 15) is 0 Å². The van der Waals surface area contributed by atoms with Gasteiger partial charge in [-0.1, -0.05) is 31.3 Å². The predicted molar refractivity (Wildman–Crippen MR) is 77.0 cm³/mol. The number of rotatable bonds is 4. The Labute approximate surface area is 111 Å². The van der Waals surface area contributed by atoms with Gasteiger partial charge in [-0.2, -0.15) is 0 Å². The summed E-state index contributed by atoms with van der Waals surface area (Å²) >= 11 is 4.94. The smallest absolute Gasteiger partial charge is 0.159 e. The third-order valence-corrected chi connectivity index (χ3v) is 2.75. The molecular weight excluding hydrogens is 244 g/mol. The highest BCUT2D eigenvalue weighted by Gasteiger charge is 2.07. The Morgan fingerprint density at radius 2 is 1.89 bits per heavy atom. The number of benzene rings is 1. The van der Waals surface area contributed by atoms with Crippen molar-refractivity contribution < 1.29 is 0 Å². The molecule has 0 unspecified atom stereocenters. The number of anilines is 2. The molecule has 0 aliphatic carbocycles. The molecule has 0 radical (unpaired) electrons. The zero-order chi connectivity index (χ0) is 13.0. The fourth-order valence-corrected chi connectivity index (χ4v) is 1.72. The van der Waals surface area contributed by atoms with E-state index in [1.807, 2.05) is 12.1 Å². The molecule has 3 N–H and O–H groups in total. The first-order chi connectivity index (χ1) is 8.70. The van der Waals surface area contributed by atoms with Crippen LogP contribution in [0, 0.1) is 0 Å². The van der Waals surface area contributed by atoms with Crippen LogP contribution < -0.4 is 11.1 Å². The van der Waals surface area contributed by atoms with Crippen LogP contribution in [-0.2, 0) is 6.42 Å². The van der Waals surface area contributed by atoms with E-state index in [0.717, 1.165) is 12.1 Å². The van der Waals surface area contributed by atoms with Crippen LogP contribution >= 0.6 is 12.2 Å². The van der Waals surface area contributed by atoms with Gasteiger partial charge in [-0.3, -0.25) is 0 Å². The van der Waals surface area contributed by atoms with Crippen LogP contribution in [0.15, 0.2) is 36.7 Å². The number of aryl methyl sites for hydroxylation is 1. The summed E-state index contributed by atoms with van der Waals surface area (Å²) in [6.45, 7) is 2.12. The number of hydrogen-bond donors (Lipinski definition) is 2. The highest BCUT2D eigenvalue weighted by molar-refractivity contribution is 7.80. The first-order valence-corrected chi connectivity index (χ1v) is 6.08. The van der Waals surface area contributed by atoms with Gasteiger partial charge >= 0.3 is 0 Å². The Morgan fingerprint density at radius 1 is 1.22 bits per heavy atom. The van der Waals surface area contributed by atoms with Gasteiger partial charge in [-0.15, -0.1) is 0 Å². The van der Waals surface area contributed by atoms with E-state index >= 15 is 0 Å². The highest BCUT2D eigenvalue weighted by atomic mass is 32.1. The van der Waals surface area contributed by atoms with E-state index in [4.69, 9.17) is 18.0 Å². The molecule has 0 saturated heterocycles. The van der Waals surface area contributed by atoms with Gasteiger partial charge in [0.15, 0.2) is 5.82 Å². The van der Waals surface area contributed by atoms with Gasteiger partial charge in [0.1, 0.15) is 10.7 Å². The predicted octanol–water partition coefficient (Wildman–Crippen LogP) is 2.42. The Morgan fingerprint density at radius 3 is 2.50 bits per heavy atom. The van der Waals surface area contributed by atoms with Gasteiger partial charge < -0.3 is 11.1 Å². The zero-order valence-corrected chi connectivity index (χ0v) is 10.9. The topological polar surface area (TPSA) is 63.8 Å². The molecule has 92 valence electrons. The molecule has 0 aliphatic heterocycles. The zero-order valence-electron chi connectivity index (χ0n) is 10.1. The summed E-state index contributed by atoms with van der Waals surface area (Å²) in [6.07, 6.45) is 4.19. The molecule has 1 heterocycles. The van der Waals surface area contributed by atoms with E-state index in [1.165, 1.54) is 5.56 Å². The maximum absolute atomic E-state index is 5.60. The quantitative estimate of drug-likeness (QED) is 0.825. The summed E-state index contributed by atoms with van der Waals surface area (Å²) in [4.78, 5) is 8.55. The van der Waals surface area contributed by atoms with Crippen molar-refractivity contribution in [3.63, 3.8) is 0 Å². The van der Waals surface area contributed by atoms with Crippen LogP contribution in [0.4, 0.5) is 11.5 Å². The Balaban J connectivity index is 2.25. The second kappa shape index (κ2) is 5.55. The lowest BCUT2D eigenvalue weighted by Crippen LogP contribution is -2.14. The molecule has 0 atom stereocenters. The number of nitrogens with zero attached hydrogens (tertiary/aromatic N) is 2. The van der Waals surface area contributed by atoms with Crippen LogP contribution in [0.25, 0.3) is 0 Å². The average molecular weight is 258 g/mol. The minimum Gasteiger partial charge on any atom is -0.388 e. The van der Waals surface area contributed by atoms with E-state index in [0.29, 0.717) is 11.5 Å². The van der Waals surface area contributed by atoms with Crippen molar-refractivity contribution in [1.82, 2.24) is 9.97 Å². The molecule has 0 amide bonds. The van der Waals surface area contributed by atoms with Crippen LogP contribution in [0.2, 0.25) is 0 Å². The molecule has 0 aliphatic rings. The third-order valence-electron chi connectivity index (χ3n) is 2.56. The Kier molecular flexibility index (Phi) is 3.84. The number of thiocarbonyl (C=S) groups is 1. The molecule has 0 saturated carbocycles. The van der Waals surface area contributed by atoms with Crippen molar-refractivity contribution >= 4 is 28.7 Å². The van der Waals surface area contributed by atoms with Gasteiger partial charge in [-0.25, -0.2) is 9.97 Å². The fourth-order valence-electron chi connectivity index (χ4n) is 1.57. The van der Waals surface area contributed by atoms with Gasteiger partial charge in [0, 0.05) is 18.1 Å². The SMILES string of the molecule is CCc1ccc(Nc2nccnc2C(N)=S)cc1. The van der Waals surface area contributed by atoms with Gasteiger partial charge in [0.2, 0.25) is 0 Å². The van der Waals surface area contributed by atoms with Crippen LogP contribution in [0.5, 0.6) is 0 Å². The number of aromatic nitrogens is 2. The van der Waals surface area contributed by atoms with E-state index in [2.05, 4.69) is 34.3 Å². The number of nitrogens with one attached hydrogen (secondary N) is 1. The van der Waals surface area contributed by atoms with Crippen molar-refractivity contribution in [1.29, 1.82) is 0 Å². The number of hydrogen-bond acceptors (Lipinski definition) is 4. The van der Waals surface area contributed by atoms with Crippen molar-refractivity contribution in [2.45, 2.75) is 13.3 Å².